The van der Waals surface area contributed by atoms with Crippen LogP contribution in [0.3, 0.4) is 0 Å². The van der Waals surface area contributed by atoms with Crippen molar-refractivity contribution in [2.24, 2.45) is 5.92 Å². The van der Waals surface area contributed by atoms with Crippen molar-refractivity contribution in [1.29, 1.82) is 5.26 Å². The monoisotopic (exact) mass is 245 g/mol. The summed E-state index contributed by atoms with van der Waals surface area (Å²) in [5, 5.41) is 8.62. The minimum absolute atomic E-state index is 0.526. The topological polar surface area (TPSA) is 33.0 Å². The van der Waals surface area contributed by atoms with Crippen LogP contribution in [0.25, 0.3) is 0 Å². The van der Waals surface area contributed by atoms with Crippen molar-refractivity contribution in [3.63, 3.8) is 0 Å². The average Bonchev–Trinajstić information content (AvgIpc) is 2.27. The number of unbranched alkanes of at least 4 members (excludes halogenated alkanes) is 1. The first kappa shape index (κ1) is 14.6. The third kappa shape index (κ3) is 4.41. The van der Waals surface area contributed by atoms with Crippen LogP contribution in [0.1, 0.15) is 43.4 Å². The van der Waals surface area contributed by atoms with E-state index in [1.165, 1.54) is 16.7 Å². The van der Waals surface area contributed by atoms with Crippen molar-refractivity contribution in [3.8, 4) is 11.8 Å². The summed E-state index contributed by atoms with van der Waals surface area (Å²) in [5.74, 6) is 1.55. The number of hydrogen-bond acceptors (Lipinski definition) is 2. The lowest BCUT2D eigenvalue weighted by Crippen LogP contribution is -2.08. The molecule has 0 saturated carbocycles. The van der Waals surface area contributed by atoms with Gasteiger partial charge in [-0.2, -0.15) is 5.26 Å². The van der Waals surface area contributed by atoms with Gasteiger partial charge in [0.05, 0.1) is 12.7 Å². The van der Waals surface area contributed by atoms with Gasteiger partial charge in [0.1, 0.15) is 5.75 Å². The summed E-state index contributed by atoms with van der Waals surface area (Å²) < 4.78 is 5.93. The Hall–Kier alpha value is -1.49. The Bertz CT molecular complexity index is 429. The summed E-state index contributed by atoms with van der Waals surface area (Å²) in [7, 11) is 0. The standard InChI is InChI=1S/C16H23NO/c1-12(2)11-18-16-14(4)9-13(3)10-15(16)7-5-6-8-17/h9-10,12H,5-7,11H2,1-4H3. The van der Waals surface area contributed by atoms with Crippen molar-refractivity contribution < 1.29 is 4.74 Å². The van der Waals surface area contributed by atoms with Crippen LogP contribution in [0, 0.1) is 31.1 Å². The zero-order valence-corrected chi connectivity index (χ0v) is 11.9. The number of nitriles is 1. The number of ether oxygens (including phenoxy) is 1. The molecule has 0 aliphatic heterocycles. The third-order valence-electron chi connectivity index (χ3n) is 2.79. The second kappa shape index (κ2) is 7.06. The van der Waals surface area contributed by atoms with E-state index in [9.17, 15) is 0 Å². The zero-order valence-electron chi connectivity index (χ0n) is 11.9. The molecule has 1 aromatic carbocycles. The van der Waals surface area contributed by atoms with Gasteiger partial charge in [-0.3, -0.25) is 0 Å². The molecule has 0 unspecified atom stereocenters. The lowest BCUT2D eigenvalue weighted by atomic mass is 10.0. The molecule has 0 atom stereocenters. The number of hydrogen-bond donors (Lipinski definition) is 0. The summed E-state index contributed by atoms with van der Waals surface area (Å²) in [6.45, 7) is 9.25. The van der Waals surface area contributed by atoms with Gasteiger partial charge >= 0.3 is 0 Å². The molecule has 0 saturated heterocycles. The fourth-order valence-electron chi connectivity index (χ4n) is 2.04. The van der Waals surface area contributed by atoms with Gasteiger partial charge in [-0.15, -0.1) is 0 Å². The second-order valence-electron chi connectivity index (χ2n) is 5.29. The average molecular weight is 245 g/mol. The maximum absolute atomic E-state index is 8.62. The predicted octanol–water partition coefficient (Wildman–Crippen LogP) is 4.18. The van der Waals surface area contributed by atoms with Gasteiger partial charge in [-0.05, 0) is 43.7 Å². The van der Waals surface area contributed by atoms with Crippen LogP contribution in [0.5, 0.6) is 5.75 Å². The molecule has 0 aliphatic carbocycles. The molecule has 0 N–H and O–H groups in total. The molecule has 2 heteroatoms. The van der Waals surface area contributed by atoms with Crippen LogP contribution in [0.2, 0.25) is 0 Å². The Kier molecular flexibility index (Phi) is 5.71. The van der Waals surface area contributed by atoms with Gasteiger partial charge in [0.2, 0.25) is 0 Å². The molecule has 0 spiro atoms. The molecule has 0 amide bonds. The van der Waals surface area contributed by atoms with E-state index in [1.54, 1.807) is 0 Å². The molecule has 1 rings (SSSR count). The van der Waals surface area contributed by atoms with Gasteiger partial charge in [-0.25, -0.2) is 0 Å². The van der Waals surface area contributed by atoms with Crippen molar-refractivity contribution in [1.82, 2.24) is 0 Å². The molecule has 0 aromatic heterocycles. The highest BCUT2D eigenvalue weighted by atomic mass is 16.5. The van der Waals surface area contributed by atoms with E-state index in [0.717, 1.165) is 25.2 Å². The molecule has 0 bridgehead atoms. The molecular formula is C16H23NO. The smallest absolute Gasteiger partial charge is 0.125 e. The third-order valence-corrected chi connectivity index (χ3v) is 2.79. The van der Waals surface area contributed by atoms with Crippen molar-refractivity contribution in [2.75, 3.05) is 6.61 Å². The minimum Gasteiger partial charge on any atom is -0.493 e. The first-order valence-electron chi connectivity index (χ1n) is 6.64. The largest absolute Gasteiger partial charge is 0.493 e. The Morgan fingerprint density at radius 1 is 1.28 bits per heavy atom. The Morgan fingerprint density at radius 2 is 2.00 bits per heavy atom. The first-order valence-corrected chi connectivity index (χ1v) is 6.64. The Labute approximate surface area is 111 Å². The Balaban J connectivity index is 2.87. The van der Waals surface area contributed by atoms with E-state index in [0.29, 0.717) is 12.3 Å². The van der Waals surface area contributed by atoms with E-state index in [2.05, 4.69) is 45.9 Å². The quantitative estimate of drug-likeness (QED) is 0.704. The molecule has 0 radical (unpaired) electrons. The lowest BCUT2D eigenvalue weighted by Gasteiger charge is -2.16. The SMILES string of the molecule is Cc1cc(C)c(OCC(C)C)c(CCCC#N)c1. The van der Waals surface area contributed by atoms with Crippen LogP contribution in [-0.2, 0) is 6.42 Å². The van der Waals surface area contributed by atoms with Crippen LogP contribution in [0.4, 0.5) is 0 Å². The van der Waals surface area contributed by atoms with E-state index in [-0.39, 0.29) is 0 Å². The van der Waals surface area contributed by atoms with Gasteiger partial charge in [0, 0.05) is 6.42 Å². The summed E-state index contributed by atoms with van der Waals surface area (Å²) in [4.78, 5) is 0. The molecule has 98 valence electrons. The summed E-state index contributed by atoms with van der Waals surface area (Å²) >= 11 is 0. The summed E-state index contributed by atoms with van der Waals surface area (Å²) in [5.41, 5.74) is 3.70. The van der Waals surface area contributed by atoms with E-state index < -0.39 is 0 Å². The lowest BCUT2D eigenvalue weighted by molar-refractivity contribution is 0.266. The highest BCUT2D eigenvalue weighted by Gasteiger charge is 2.09. The second-order valence-corrected chi connectivity index (χ2v) is 5.29. The fourth-order valence-corrected chi connectivity index (χ4v) is 2.04. The summed E-state index contributed by atoms with van der Waals surface area (Å²) in [6, 6.07) is 6.53. The number of rotatable bonds is 6. The summed E-state index contributed by atoms with van der Waals surface area (Å²) in [6.07, 6.45) is 2.43. The van der Waals surface area contributed by atoms with Gasteiger partial charge in [0.15, 0.2) is 0 Å². The molecule has 2 nitrogen and oxygen atoms in total. The molecular weight excluding hydrogens is 222 g/mol. The number of benzene rings is 1. The normalized spacial score (nSPS) is 10.4. The molecule has 0 heterocycles. The van der Waals surface area contributed by atoms with E-state index in [4.69, 9.17) is 10.00 Å². The van der Waals surface area contributed by atoms with Crippen LogP contribution in [0.15, 0.2) is 12.1 Å². The van der Waals surface area contributed by atoms with Gasteiger partial charge in [-0.1, -0.05) is 31.5 Å². The van der Waals surface area contributed by atoms with Crippen molar-refractivity contribution in [3.05, 3.63) is 28.8 Å². The first-order chi connectivity index (χ1) is 8.54. The fraction of sp³-hybridized carbons (Fsp3) is 0.562. The van der Waals surface area contributed by atoms with Crippen molar-refractivity contribution in [2.45, 2.75) is 47.0 Å². The molecule has 18 heavy (non-hydrogen) atoms. The predicted molar refractivity (Wildman–Crippen MR) is 74.8 cm³/mol. The highest BCUT2D eigenvalue weighted by molar-refractivity contribution is 5.44. The van der Waals surface area contributed by atoms with Crippen LogP contribution in [-0.4, -0.2) is 6.61 Å². The van der Waals surface area contributed by atoms with Crippen LogP contribution < -0.4 is 4.74 Å². The van der Waals surface area contributed by atoms with Gasteiger partial charge in [0.25, 0.3) is 0 Å². The minimum atomic E-state index is 0.526. The Morgan fingerprint density at radius 3 is 2.61 bits per heavy atom. The van der Waals surface area contributed by atoms with Crippen LogP contribution >= 0.6 is 0 Å². The number of nitrogens with zero attached hydrogens (tertiary/aromatic N) is 1. The van der Waals surface area contributed by atoms with Crippen molar-refractivity contribution >= 4 is 0 Å². The number of aryl methyl sites for hydroxylation is 3. The zero-order chi connectivity index (χ0) is 13.5. The molecule has 1 aromatic rings. The maximum atomic E-state index is 8.62. The van der Waals surface area contributed by atoms with E-state index >= 15 is 0 Å². The van der Waals surface area contributed by atoms with Gasteiger partial charge < -0.3 is 4.74 Å². The maximum Gasteiger partial charge on any atom is 0.125 e. The van der Waals surface area contributed by atoms with E-state index in [1.807, 2.05) is 0 Å². The molecule has 0 fully saturated rings. The molecule has 0 aliphatic rings. The highest BCUT2D eigenvalue weighted by Crippen LogP contribution is 2.27.